The fourth-order valence-corrected chi connectivity index (χ4v) is 2.92. The predicted octanol–water partition coefficient (Wildman–Crippen LogP) is 4.14. The number of aromatic carboxylic acids is 1. The normalized spacial score (nSPS) is 15.8. The summed E-state index contributed by atoms with van der Waals surface area (Å²) in [5.41, 5.74) is 1.04. The highest BCUT2D eigenvalue weighted by Crippen LogP contribution is 2.28. The molecular weight excluding hydrogens is 294 g/mol. The van der Waals surface area contributed by atoms with Crippen LogP contribution in [0.3, 0.4) is 0 Å². The lowest BCUT2D eigenvalue weighted by Crippen LogP contribution is -2.10. The monoisotopic (exact) mass is 311 g/mol. The van der Waals surface area contributed by atoms with Crippen LogP contribution in [0.15, 0.2) is 22.7 Å². The van der Waals surface area contributed by atoms with Crippen LogP contribution < -0.4 is 5.32 Å². The molecule has 1 saturated carbocycles. The van der Waals surface area contributed by atoms with Crippen LogP contribution in [0.25, 0.3) is 0 Å². The lowest BCUT2D eigenvalue weighted by atomic mass is 10.0. The second kappa shape index (κ2) is 6.23. The molecule has 0 unspecified atom stereocenters. The Balaban J connectivity index is 1.94. The van der Waals surface area contributed by atoms with E-state index in [2.05, 4.69) is 21.2 Å². The van der Waals surface area contributed by atoms with Crippen molar-refractivity contribution in [3.63, 3.8) is 0 Å². The Kier molecular flexibility index (Phi) is 4.64. The summed E-state index contributed by atoms with van der Waals surface area (Å²) in [5.74, 6) is -0.0659. The molecule has 1 fully saturated rings. The van der Waals surface area contributed by atoms with Gasteiger partial charge in [0.05, 0.1) is 5.56 Å². The largest absolute Gasteiger partial charge is 0.478 e. The number of nitrogens with one attached hydrogen (secondary N) is 1. The van der Waals surface area contributed by atoms with Crippen LogP contribution in [-0.2, 0) is 0 Å². The number of hydrogen-bond acceptors (Lipinski definition) is 2. The third-order valence-corrected chi connectivity index (χ3v) is 4.05. The second-order valence-electron chi connectivity index (χ2n) is 4.86. The van der Waals surface area contributed by atoms with E-state index in [1.807, 2.05) is 6.07 Å². The molecule has 1 aromatic rings. The van der Waals surface area contributed by atoms with Crippen LogP contribution in [-0.4, -0.2) is 17.6 Å². The van der Waals surface area contributed by atoms with Crippen molar-refractivity contribution in [1.82, 2.24) is 0 Å². The van der Waals surface area contributed by atoms with Crippen molar-refractivity contribution in [2.75, 3.05) is 11.9 Å². The van der Waals surface area contributed by atoms with Crippen LogP contribution in [0.1, 0.15) is 42.5 Å². The van der Waals surface area contributed by atoms with Gasteiger partial charge in [-0.15, -0.1) is 0 Å². The molecule has 0 aliphatic heterocycles. The van der Waals surface area contributed by atoms with Crippen LogP contribution in [0.5, 0.6) is 0 Å². The minimum absolute atomic E-state index is 0.338. The van der Waals surface area contributed by atoms with E-state index in [-0.39, 0.29) is 0 Å². The topological polar surface area (TPSA) is 49.3 Å². The summed E-state index contributed by atoms with van der Waals surface area (Å²) in [6, 6.07) is 5.22. The van der Waals surface area contributed by atoms with Crippen LogP contribution >= 0.6 is 15.9 Å². The molecule has 0 atom stereocenters. The molecule has 98 valence electrons. The zero-order valence-corrected chi connectivity index (χ0v) is 11.9. The number of carboxylic acid groups (broad SMARTS) is 1. The van der Waals surface area contributed by atoms with Gasteiger partial charge < -0.3 is 10.4 Å². The first-order valence-electron chi connectivity index (χ1n) is 6.43. The number of anilines is 1. The van der Waals surface area contributed by atoms with E-state index in [1.54, 1.807) is 12.1 Å². The van der Waals surface area contributed by atoms with Crippen molar-refractivity contribution >= 4 is 27.6 Å². The number of carbonyl (C=O) groups is 1. The van der Waals surface area contributed by atoms with Gasteiger partial charge >= 0.3 is 5.97 Å². The Morgan fingerprint density at radius 3 is 2.78 bits per heavy atom. The number of benzene rings is 1. The van der Waals surface area contributed by atoms with Crippen molar-refractivity contribution in [2.45, 2.75) is 32.1 Å². The summed E-state index contributed by atoms with van der Waals surface area (Å²) in [6.07, 6.45) is 6.48. The summed E-state index contributed by atoms with van der Waals surface area (Å²) >= 11 is 3.37. The van der Waals surface area contributed by atoms with Gasteiger partial charge in [0.25, 0.3) is 0 Å². The van der Waals surface area contributed by atoms with Crippen molar-refractivity contribution in [2.24, 2.45) is 5.92 Å². The Labute approximate surface area is 116 Å². The Morgan fingerprint density at radius 2 is 2.11 bits per heavy atom. The number of halogens is 1. The van der Waals surface area contributed by atoms with Gasteiger partial charge in [-0.05, 0) is 30.5 Å². The molecule has 0 aromatic heterocycles. The SMILES string of the molecule is O=C(O)c1ccc(Br)cc1NCCC1CCCC1. The van der Waals surface area contributed by atoms with Crippen LogP contribution in [0, 0.1) is 5.92 Å². The highest BCUT2D eigenvalue weighted by Gasteiger charge is 2.15. The fraction of sp³-hybridized carbons (Fsp3) is 0.500. The average Bonchev–Trinajstić information content (AvgIpc) is 2.82. The Bertz CT molecular complexity index is 428. The Morgan fingerprint density at radius 1 is 1.39 bits per heavy atom. The molecule has 1 aliphatic rings. The fourth-order valence-electron chi connectivity index (χ4n) is 2.56. The summed E-state index contributed by atoms with van der Waals surface area (Å²) in [7, 11) is 0. The molecule has 0 bridgehead atoms. The molecule has 0 spiro atoms. The lowest BCUT2D eigenvalue weighted by Gasteiger charge is -2.13. The Hall–Kier alpha value is -1.03. The molecule has 0 amide bonds. The van der Waals surface area contributed by atoms with E-state index in [1.165, 1.54) is 25.7 Å². The lowest BCUT2D eigenvalue weighted by molar-refractivity contribution is 0.0698. The van der Waals surface area contributed by atoms with E-state index >= 15 is 0 Å². The van der Waals surface area contributed by atoms with Gasteiger partial charge in [0.1, 0.15) is 0 Å². The van der Waals surface area contributed by atoms with Gasteiger partial charge in [0, 0.05) is 16.7 Å². The molecule has 1 aromatic carbocycles. The zero-order valence-electron chi connectivity index (χ0n) is 10.3. The minimum atomic E-state index is -0.883. The predicted molar refractivity (Wildman–Crippen MR) is 76.2 cm³/mol. The minimum Gasteiger partial charge on any atom is -0.478 e. The molecule has 2 rings (SSSR count). The maximum Gasteiger partial charge on any atom is 0.337 e. The molecule has 3 nitrogen and oxygen atoms in total. The molecule has 1 aliphatic carbocycles. The molecule has 0 heterocycles. The van der Waals surface area contributed by atoms with Gasteiger partial charge in [0.2, 0.25) is 0 Å². The molecule has 2 N–H and O–H groups in total. The summed E-state index contributed by atoms with van der Waals surface area (Å²) in [6.45, 7) is 0.849. The standard InChI is InChI=1S/C14H18BrNO2/c15-11-5-6-12(14(17)18)13(9-11)16-8-7-10-3-1-2-4-10/h5-6,9-10,16H,1-4,7-8H2,(H,17,18). The third-order valence-electron chi connectivity index (χ3n) is 3.55. The van der Waals surface area contributed by atoms with Gasteiger partial charge in [-0.3, -0.25) is 0 Å². The van der Waals surface area contributed by atoms with Gasteiger partial charge in [-0.1, -0.05) is 41.6 Å². The highest BCUT2D eigenvalue weighted by atomic mass is 79.9. The van der Waals surface area contributed by atoms with Crippen LogP contribution in [0.2, 0.25) is 0 Å². The highest BCUT2D eigenvalue weighted by molar-refractivity contribution is 9.10. The maximum absolute atomic E-state index is 11.1. The van der Waals surface area contributed by atoms with E-state index in [0.717, 1.165) is 23.4 Å². The van der Waals surface area contributed by atoms with Crippen molar-refractivity contribution in [3.05, 3.63) is 28.2 Å². The van der Waals surface area contributed by atoms with Gasteiger partial charge in [-0.25, -0.2) is 4.79 Å². The molecule has 18 heavy (non-hydrogen) atoms. The first kappa shape index (κ1) is 13.4. The first-order valence-corrected chi connectivity index (χ1v) is 7.23. The average molecular weight is 312 g/mol. The van der Waals surface area contributed by atoms with Crippen molar-refractivity contribution in [1.29, 1.82) is 0 Å². The zero-order chi connectivity index (χ0) is 13.0. The van der Waals surface area contributed by atoms with Crippen molar-refractivity contribution in [3.8, 4) is 0 Å². The van der Waals surface area contributed by atoms with Gasteiger partial charge in [-0.2, -0.15) is 0 Å². The quantitative estimate of drug-likeness (QED) is 0.859. The van der Waals surface area contributed by atoms with Gasteiger partial charge in [0.15, 0.2) is 0 Å². The van der Waals surface area contributed by atoms with E-state index in [4.69, 9.17) is 5.11 Å². The molecular formula is C14H18BrNO2. The first-order chi connectivity index (χ1) is 8.66. The van der Waals surface area contributed by atoms with Crippen molar-refractivity contribution < 1.29 is 9.90 Å². The summed E-state index contributed by atoms with van der Waals surface area (Å²) < 4.78 is 0.899. The summed E-state index contributed by atoms with van der Waals surface area (Å²) in [5, 5.41) is 12.4. The molecule has 0 saturated heterocycles. The number of rotatable bonds is 5. The second-order valence-corrected chi connectivity index (χ2v) is 5.78. The smallest absolute Gasteiger partial charge is 0.337 e. The maximum atomic E-state index is 11.1. The van der Waals surface area contributed by atoms with E-state index < -0.39 is 5.97 Å². The number of carboxylic acids is 1. The van der Waals surface area contributed by atoms with E-state index in [9.17, 15) is 4.79 Å². The molecule has 0 radical (unpaired) electrons. The molecule has 4 heteroatoms. The number of hydrogen-bond donors (Lipinski definition) is 2. The van der Waals surface area contributed by atoms with Crippen LogP contribution in [0.4, 0.5) is 5.69 Å². The van der Waals surface area contributed by atoms with E-state index in [0.29, 0.717) is 11.3 Å². The summed E-state index contributed by atoms with van der Waals surface area (Å²) in [4.78, 5) is 11.1. The third kappa shape index (κ3) is 3.48.